The molecule has 0 aromatic carbocycles. The molecule has 0 amide bonds. The molecule has 14 heavy (non-hydrogen) atoms. The van der Waals surface area contributed by atoms with Gasteiger partial charge in [-0.3, -0.25) is 0 Å². The highest BCUT2D eigenvalue weighted by molar-refractivity contribution is 5.13. The molecule has 0 heterocycles. The van der Waals surface area contributed by atoms with E-state index in [1.54, 1.807) is 0 Å². The molecule has 0 saturated heterocycles. The van der Waals surface area contributed by atoms with Crippen molar-refractivity contribution in [2.45, 2.75) is 54.4 Å². The summed E-state index contributed by atoms with van der Waals surface area (Å²) in [6.07, 6.45) is 2.62. The molecule has 0 unspecified atom stereocenters. The van der Waals surface area contributed by atoms with E-state index in [4.69, 9.17) is 0 Å². The Morgan fingerprint density at radius 3 is 1.79 bits per heavy atom. The fraction of sp³-hybridized carbons (Fsp3) is 0.857. The van der Waals surface area contributed by atoms with Crippen molar-refractivity contribution in [3.63, 3.8) is 0 Å². The number of hydrogen-bond donors (Lipinski definition) is 0. The molecule has 0 aromatic rings. The van der Waals surface area contributed by atoms with Gasteiger partial charge in [0.15, 0.2) is 0 Å². The maximum absolute atomic E-state index is 3.41. The molecule has 0 aliphatic heterocycles. The van der Waals surface area contributed by atoms with Crippen molar-refractivity contribution < 1.29 is 0 Å². The zero-order valence-corrected chi connectivity index (χ0v) is 10.6. The monoisotopic (exact) mass is 192 g/mol. The van der Waals surface area contributed by atoms with Crippen LogP contribution in [0.2, 0.25) is 0 Å². The maximum atomic E-state index is 3.41. The van der Waals surface area contributed by atoms with Gasteiger partial charge in [0.25, 0.3) is 0 Å². The Morgan fingerprint density at radius 1 is 0.929 bits per heavy atom. The van der Waals surface area contributed by atoms with E-state index in [-0.39, 0.29) is 5.41 Å². The zero-order valence-electron chi connectivity index (χ0n) is 10.6. The molecule has 0 atom stereocenters. The second kappa shape index (κ2) is 3.61. The van der Waals surface area contributed by atoms with Crippen LogP contribution in [-0.4, -0.2) is 0 Å². The lowest BCUT2D eigenvalue weighted by atomic mass is 9.63. The minimum Gasteiger partial charge on any atom is -0.0993 e. The van der Waals surface area contributed by atoms with E-state index in [2.05, 4.69) is 53.4 Å². The summed E-state index contributed by atoms with van der Waals surface area (Å²) in [4.78, 5) is 0. The predicted molar refractivity (Wildman–Crippen MR) is 62.9 cm³/mol. The van der Waals surface area contributed by atoms with E-state index in [9.17, 15) is 0 Å². The highest BCUT2D eigenvalue weighted by Gasteiger charge is 2.36. The van der Waals surface area contributed by atoms with Gasteiger partial charge in [0.1, 0.15) is 0 Å². The third-order valence-corrected chi connectivity index (χ3v) is 3.01. The molecule has 0 aromatic heterocycles. The Hall–Kier alpha value is -0.440. The molecule has 0 N–H and O–H groups in total. The molecule has 80 valence electrons. The van der Waals surface area contributed by atoms with Crippen LogP contribution < -0.4 is 0 Å². The number of hydrogen-bond acceptors (Lipinski definition) is 0. The van der Waals surface area contributed by atoms with Gasteiger partial charge in [-0.25, -0.2) is 0 Å². The van der Waals surface area contributed by atoms with Crippen LogP contribution in [0.3, 0.4) is 0 Å². The van der Waals surface area contributed by atoms with Crippen molar-refractivity contribution in [2.24, 2.45) is 22.7 Å². The Labute approximate surface area is 89.5 Å². The minimum atomic E-state index is 0.173. The quantitative estimate of drug-likeness (QED) is 0.507. The van der Waals surface area contributed by atoms with Crippen LogP contribution in [0.5, 0.6) is 0 Å². The lowest BCUT2D eigenvalue weighted by molar-refractivity contribution is 0.105. The van der Waals surface area contributed by atoms with E-state index < -0.39 is 0 Å². The van der Waals surface area contributed by atoms with Gasteiger partial charge < -0.3 is 0 Å². The predicted octanol–water partition coefficient (Wildman–Crippen LogP) is 4.11. The SMILES string of the molecule is CC(C)(C)C#CC1CC(C(C)(C)C)C1. The van der Waals surface area contributed by atoms with Crippen molar-refractivity contribution in [3.05, 3.63) is 0 Å². The van der Waals surface area contributed by atoms with Crippen LogP contribution >= 0.6 is 0 Å². The molecule has 1 aliphatic carbocycles. The Morgan fingerprint density at radius 2 is 1.43 bits per heavy atom. The highest BCUT2D eigenvalue weighted by Crippen LogP contribution is 2.44. The molecule has 0 heteroatoms. The molecular formula is C14H24. The summed E-state index contributed by atoms with van der Waals surface area (Å²) in [6.45, 7) is 13.6. The van der Waals surface area contributed by atoms with Gasteiger partial charge in [0.2, 0.25) is 0 Å². The first kappa shape index (κ1) is 11.6. The van der Waals surface area contributed by atoms with E-state index in [1.165, 1.54) is 12.8 Å². The van der Waals surface area contributed by atoms with Gasteiger partial charge in [-0.15, -0.1) is 0 Å². The average molecular weight is 192 g/mol. The van der Waals surface area contributed by atoms with Crippen LogP contribution in [-0.2, 0) is 0 Å². The summed E-state index contributed by atoms with van der Waals surface area (Å²) < 4.78 is 0. The third-order valence-electron chi connectivity index (χ3n) is 3.01. The van der Waals surface area contributed by atoms with Crippen molar-refractivity contribution in [1.29, 1.82) is 0 Å². The summed E-state index contributed by atoms with van der Waals surface area (Å²) >= 11 is 0. The van der Waals surface area contributed by atoms with E-state index in [1.807, 2.05) is 0 Å². The standard InChI is InChI=1S/C14H24/c1-13(2,3)8-7-11-9-12(10-11)14(4,5)6/h11-12H,9-10H2,1-6H3. The first-order valence-corrected chi connectivity index (χ1v) is 5.71. The Balaban J connectivity index is 2.39. The minimum absolute atomic E-state index is 0.173. The molecule has 1 rings (SSSR count). The smallest absolute Gasteiger partial charge is 0.0230 e. The lowest BCUT2D eigenvalue weighted by Gasteiger charge is -2.41. The Bertz CT molecular complexity index is 242. The van der Waals surface area contributed by atoms with Crippen molar-refractivity contribution in [2.75, 3.05) is 0 Å². The fourth-order valence-corrected chi connectivity index (χ4v) is 1.76. The third kappa shape index (κ3) is 3.37. The van der Waals surface area contributed by atoms with E-state index in [0.717, 1.165) is 5.92 Å². The molecule has 0 spiro atoms. The zero-order chi connectivity index (χ0) is 11.0. The highest BCUT2D eigenvalue weighted by atomic mass is 14.4. The van der Waals surface area contributed by atoms with Gasteiger partial charge in [-0.1, -0.05) is 32.6 Å². The summed E-state index contributed by atoms with van der Waals surface area (Å²) in [5.74, 6) is 8.33. The Kier molecular flexibility index (Phi) is 3.00. The average Bonchev–Trinajstić information content (AvgIpc) is 1.76. The van der Waals surface area contributed by atoms with Gasteiger partial charge in [0, 0.05) is 11.3 Å². The van der Waals surface area contributed by atoms with Crippen molar-refractivity contribution >= 4 is 0 Å². The van der Waals surface area contributed by atoms with Gasteiger partial charge in [-0.2, -0.15) is 0 Å². The van der Waals surface area contributed by atoms with Gasteiger partial charge >= 0.3 is 0 Å². The first-order valence-electron chi connectivity index (χ1n) is 5.71. The summed E-state index contributed by atoms with van der Waals surface area (Å²) in [6, 6.07) is 0. The first-order chi connectivity index (χ1) is 6.18. The van der Waals surface area contributed by atoms with Crippen LogP contribution in [0.4, 0.5) is 0 Å². The summed E-state index contributed by atoms with van der Waals surface area (Å²) in [7, 11) is 0. The molecule has 1 fully saturated rings. The normalized spacial score (nSPS) is 27.6. The van der Waals surface area contributed by atoms with Gasteiger partial charge in [0.05, 0.1) is 0 Å². The van der Waals surface area contributed by atoms with Gasteiger partial charge in [-0.05, 0) is 44.9 Å². The molecule has 1 saturated carbocycles. The fourth-order valence-electron chi connectivity index (χ4n) is 1.76. The largest absolute Gasteiger partial charge is 0.0993 e. The maximum Gasteiger partial charge on any atom is 0.0230 e. The molecule has 0 radical (unpaired) electrons. The molecular weight excluding hydrogens is 168 g/mol. The second-order valence-electron chi connectivity index (χ2n) is 6.75. The van der Waals surface area contributed by atoms with Crippen LogP contribution in [0.25, 0.3) is 0 Å². The second-order valence-corrected chi connectivity index (χ2v) is 6.75. The van der Waals surface area contributed by atoms with Crippen molar-refractivity contribution in [1.82, 2.24) is 0 Å². The van der Waals surface area contributed by atoms with E-state index in [0.29, 0.717) is 11.3 Å². The van der Waals surface area contributed by atoms with Crippen molar-refractivity contribution in [3.8, 4) is 11.8 Å². The molecule has 0 bridgehead atoms. The van der Waals surface area contributed by atoms with Crippen LogP contribution in [0.15, 0.2) is 0 Å². The summed E-state index contributed by atoms with van der Waals surface area (Å²) in [5, 5.41) is 0. The van der Waals surface area contributed by atoms with E-state index >= 15 is 0 Å². The molecule has 0 nitrogen and oxygen atoms in total. The topological polar surface area (TPSA) is 0 Å². The molecule has 1 aliphatic rings. The summed E-state index contributed by atoms with van der Waals surface area (Å²) in [5.41, 5.74) is 0.659. The number of rotatable bonds is 0. The lowest BCUT2D eigenvalue weighted by Crippen LogP contribution is -2.33. The van der Waals surface area contributed by atoms with Crippen LogP contribution in [0, 0.1) is 34.5 Å². The van der Waals surface area contributed by atoms with Crippen LogP contribution in [0.1, 0.15) is 54.4 Å².